The van der Waals surface area contributed by atoms with Gasteiger partial charge in [-0.1, -0.05) is 37.6 Å². The summed E-state index contributed by atoms with van der Waals surface area (Å²) in [4.78, 5) is 13.3. The third kappa shape index (κ3) is 5.86. The molecule has 2 rings (SSSR count). The summed E-state index contributed by atoms with van der Waals surface area (Å²) in [5.41, 5.74) is 2.18. The van der Waals surface area contributed by atoms with Crippen molar-refractivity contribution in [2.24, 2.45) is 0 Å². The molecule has 2 aromatic carbocycles. The molecule has 1 N–H and O–H groups in total. The zero-order valence-corrected chi connectivity index (χ0v) is 20.9. The molecule has 0 unspecified atom stereocenters. The van der Waals surface area contributed by atoms with Gasteiger partial charge in [0.2, 0.25) is 15.9 Å². The molecule has 0 aromatic heterocycles. The quantitative estimate of drug-likeness (QED) is 0.539. The van der Waals surface area contributed by atoms with E-state index in [1.807, 2.05) is 32.0 Å². The van der Waals surface area contributed by atoms with Gasteiger partial charge >= 0.3 is 0 Å². The summed E-state index contributed by atoms with van der Waals surface area (Å²) >= 11 is 6.22. The largest absolute Gasteiger partial charge is 0.496 e. The molecule has 32 heavy (non-hydrogen) atoms. The van der Waals surface area contributed by atoms with Gasteiger partial charge in [0.1, 0.15) is 17.5 Å². The number of nitrogens with zero attached hydrogens (tertiary/aromatic N) is 1. The maximum atomic E-state index is 13.3. The highest BCUT2D eigenvalue weighted by molar-refractivity contribution is 7.92. The minimum atomic E-state index is -3.78. The van der Waals surface area contributed by atoms with E-state index in [9.17, 15) is 13.2 Å². The normalized spacial score (nSPS) is 13.2. The minimum Gasteiger partial charge on any atom is -0.496 e. The van der Waals surface area contributed by atoms with E-state index in [-0.39, 0.29) is 23.4 Å². The van der Waals surface area contributed by atoms with Gasteiger partial charge in [0.25, 0.3) is 0 Å². The summed E-state index contributed by atoms with van der Waals surface area (Å²) in [6.07, 6.45) is 1.99. The molecular weight excluding hydrogens is 452 g/mol. The van der Waals surface area contributed by atoms with Gasteiger partial charge in [-0.25, -0.2) is 8.42 Å². The lowest BCUT2D eigenvalue weighted by molar-refractivity contribution is -0.123. The highest BCUT2D eigenvalue weighted by atomic mass is 35.5. The van der Waals surface area contributed by atoms with Crippen molar-refractivity contribution in [3.8, 4) is 11.5 Å². The molecule has 0 aliphatic carbocycles. The molecule has 0 radical (unpaired) electrons. The Hall–Kier alpha value is -2.45. The van der Waals surface area contributed by atoms with E-state index in [0.29, 0.717) is 17.9 Å². The average molecular weight is 483 g/mol. The van der Waals surface area contributed by atoms with Gasteiger partial charge in [0, 0.05) is 0 Å². The van der Waals surface area contributed by atoms with Crippen LogP contribution in [0.15, 0.2) is 36.4 Å². The Labute approximate surface area is 195 Å². The number of nitrogens with one attached hydrogen (secondary N) is 1. The Bertz CT molecular complexity index is 1060. The summed E-state index contributed by atoms with van der Waals surface area (Å²) in [6.45, 7) is 5.67. The number of amides is 1. The Kier molecular flexibility index (Phi) is 8.81. The Morgan fingerprint density at radius 3 is 2.16 bits per heavy atom. The summed E-state index contributed by atoms with van der Waals surface area (Å²) in [5.74, 6) is 0.800. The van der Waals surface area contributed by atoms with Crippen LogP contribution in [-0.2, 0) is 14.8 Å². The average Bonchev–Trinajstić information content (AvgIpc) is 2.74. The molecule has 0 fully saturated rings. The second-order valence-electron chi connectivity index (χ2n) is 7.50. The standard InChI is InChI=1S/C23H31ClN2O5S/c1-7-19(16-9-11-21(30-4)15(3)13-16)25-23(27)20(8-2)26(32(6,28)29)17-10-12-22(31-5)18(24)14-17/h9-14,19-20H,7-8H2,1-6H3,(H,25,27)/t19-,20+/m1/s1. The van der Waals surface area contributed by atoms with Crippen molar-refractivity contribution >= 4 is 33.2 Å². The summed E-state index contributed by atoms with van der Waals surface area (Å²) in [7, 11) is -0.692. The van der Waals surface area contributed by atoms with Crippen LogP contribution in [0.25, 0.3) is 0 Å². The fourth-order valence-corrected chi connectivity index (χ4v) is 5.12. The summed E-state index contributed by atoms with van der Waals surface area (Å²) in [6, 6.07) is 9.15. The number of carbonyl (C=O) groups excluding carboxylic acids is 1. The number of benzene rings is 2. The molecule has 2 atom stereocenters. The van der Waals surface area contributed by atoms with Gasteiger partial charge in [-0.05, 0) is 55.2 Å². The highest BCUT2D eigenvalue weighted by Gasteiger charge is 2.33. The lowest BCUT2D eigenvalue weighted by Gasteiger charge is -2.31. The van der Waals surface area contributed by atoms with Crippen molar-refractivity contribution in [2.45, 2.75) is 45.7 Å². The predicted molar refractivity (Wildman–Crippen MR) is 128 cm³/mol. The van der Waals surface area contributed by atoms with Crippen LogP contribution in [0.1, 0.15) is 43.9 Å². The second-order valence-corrected chi connectivity index (χ2v) is 9.77. The van der Waals surface area contributed by atoms with E-state index in [1.54, 1.807) is 26.2 Å². The number of rotatable bonds is 10. The van der Waals surface area contributed by atoms with Crippen molar-refractivity contribution in [2.75, 3.05) is 24.8 Å². The number of sulfonamides is 1. The molecule has 1 amide bonds. The number of methoxy groups -OCH3 is 2. The zero-order chi connectivity index (χ0) is 24.1. The van der Waals surface area contributed by atoms with E-state index < -0.39 is 16.1 Å². The second kappa shape index (κ2) is 10.9. The SMILES string of the molecule is CC[C@@H](NC(=O)[C@H](CC)N(c1ccc(OC)c(Cl)c1)S(C)(=O)=O)c1ccc(OC)c(C)c1. The Balaban J connectivity index is 2.38. The van der Waals surface area contributed by atoms with Gasteiger partial charge in [-0.2, -0.15) is 0 Å². The van der Waals surface area contributed by atoms with Crippen LogP contribution in [-0.4, -0.2) is 40.8 Å². The lowest BCUT2D eigenvalue weighted by Crippen LogP contribution is -2.50. The molecule has 0 saturated heterocycles. The van der Waals surface area contributed by atoms with Gasteiger partial charge in [0.15, 0.2) is 0 Å². The Morgan fingerprint density at radius 1 is 1.06 bits per heavy atom. The molecule has 9 heteroatoms. The van der Waals surface area contributed by atoms with Crippen LogP contribution in [0.3, 0.4) is 0 Å². The molecule has 0 heterocycles. The van der Waals surface area contributed by atoms with Gasteiger partial charge in [-0.15, -0.1) is 0 Å². The number of hydrogen-bond acceptors (Lipinski definition) is 5. The maximum absolute atomic E-state index is 13.3. The molecule has 176 valence electrons. The predicted octanol–water partition coefficient (Wildman–Crippen LogP) is 4.48. The van der Waals surface area contributed by atoms with Crippen molar-refractivity contribution in [3.63, 3.8) is 0 Å². The van der Waals surface area contributed by atoms with Crippen LogP contribution in [0, 0.1) is 6.92 Å². The third-order valence-electron chi connectivity index (χ3n) is 5.27. The van der Waals surface area contributed by atoms with Crippen LogP contribution in [0.5, 0.6) is 11.5 Å². The number of ether oxygens (including phenoxy) is 2. The molecule has 2 aromatic rings. The van der Waals surface area contributed by atoms with E-state index >= 15 is 0 Å². The first-order valence-electron chi connectivity index (χ1n) is 10.3. The van der Waals surface area contributed by atoms with Gasteiger partial charge < -0.3 is 14.8 Å². The monoisotopic (exact) mass is 482 g/mol. The molecule has 7 nitrogen and oxygen atoms in total. The Morgan fingerprint density at radius 2 is 1.69 bits per heavy atom. The first-order chi connectivity index (χ1) is 15.1. The number of anilines is 1. The zero-order valence-electron chi connectivity index (χ0n) is 19.3. The van der Waals surface area contributed by atoms with E-state index in [0.717, 1.165) is 27.4 Å². The van der Waals surface area contributed by atoms with E-state index in [1.165, 1.54) is 13.2 Å². The van der Waals surface area contributed by atoms with Gasteiger partial charge in [0.05, 0.1) is 37.2 Å². The van der Waals surface area contributed by atoms with Crippen molar-refractivity contribution in [1.29, 1.82) is 0 Å². The molecular formula is C23H31ClN2O5S. The molecule has 0 bridgehead atoms. The third-order valence-corrected chi connectivity index (χ3v) is 6.74. The van der Waals surface area contributed by atoms with Crippen molar-refractivity contribution in [1.82, 2.24) is 5.32 Å². The fraction of sp³-hybridized carbons (Fsp3) is 0.435. The molecule has 0 spiro atoms. The van der Waals surface area contributed by atoms with Crippen LogP contribution in [0.2, 0.25) is 5.02 Å². The maximum Gasteiger partial charge on any atom is 0.244 e. The number of aryl methyl sites for hydroxylation is 1. The van der Waals surface area contributed by atoms with E-state index in [4.69, 9.17) is 21.1 Å². The first kappa shape index (κ1) is 25.8. The van der Waals surface area contributed by atoms with Crippen molar-refractivity contribution in [3.05, 3.63) is 52.5 Å². The topological polar surface area (TPSA) is 84.9 Å². The highest BCUT2D eigenvalue weighted by Crippen LogP contribution is 2.32. The van der Waals surface area contributed by atoms with Crippen LogP contribution in [0.4, 0.5) is 5.69 Å². The lowest BCUT2D eigenvalue weighted by atomic mass is 10.0. The number of carbonyl (C=O) groups is 1. The van der Waals surface area contributed by atoms with Crippen LogP contribution < -0.4 is 19.1 Å². The molecule has 0 aliphatic heterocycles. The van der Waals surface area contributed by atoms with Crippen LogP contribution >= 0.6 is 11.6 Å². The molecule has 0 aliphatic rings. The summed E-state index contributed by atoms with van der Waals surface area (Å²) in [5, 5.41) is 3.27. The number of hydrogen-bond donors (Lipinski definition) is 1. The summed E-state index contributed by atoms with van der Waals surface area (Å²) < 4.78 is 37.0. The fourth-order valence-electron chi connectivity index (χ4n) is 3.66. The van der Waals surface area contributed by atoms with Crippen molar-refractivity contribution < 1.29 is 22.7 Å². The van der Waals surface area contributed by atoms with E-state index in [2.05, 4.69) is 5.32 Å². The smallest absolute Gasteiger partial charge is 0.244 e. The van der Waals surface area contributed by atoms with Gasteiger partial charge in [-0.3, -0.25) is 9.10 Å². The first-order valence-corrected chi connectivity index (χ1v) is 12.6. The number of halogens is 1. The molecule has 0 saturated carbocycles. The minimum absolute atomic E-state index is 0.258.